The van der Waals surface area contributed by atoms with Crippen molar-refractivity contribution in [3.8, 4) is 0 Å². The van der Waals surface area contributed by atoms with Crippen LogP contribution in [0.1, 0.15) is 24.5 Å². The molecule has 0 bridgehead atoms. The molecule has 1 heterocycles. The zero-order valence-electron chi connectivity index (χ0n) is 10.4. The third-order valence-corrected chi connectivity index (χ3v) is 3.31. The molecule has 0 amide bonds. The molecule has 1 aromatic carbocycles. The quantitative estimate of drug-likeness (QED) is 0.815. The highest BCUT2D eigenvalue weighted by atomic mass is 15.1. The van der Waals surface area contributed by atoms with Crippen LogP contribution in [0.2, 0.25) is 0 Å². The molecular formula is C14H22N2. The van der Waals surface area contributed by atoms with Crippen molar-refractivity contribution in [1.29, 1.82) is 0 Å². The van der Waals surface area contributed by atoms with Crippen molar-refractivity contribution in [3.05, 3.63) is 29.3 Å². The predicted molar refractivity (Wildman–Crippen MR) is 70.3 cm³/mol. The second-order valence-electron chi connectivity index (χ2n) is 4.52. The molecule has 0 saturated carbocycles. The first-order valence-electron chi connectivity index (χ1n) is 6.37. The summed E-state index contributed by atoms with van der Waals surface area (Å²) >= 11 is 0. The number of hydrogen-bond acceptors (Lipinski definition) is 2. The molecule has 88 valence electrons. The Morgan fingerprint density at radius 1 is 1.38 bits per heavy atom. The highest BCUT2D eigenvalue weighted by Gasteiger charge is 2.20. The Labute approximate surface area is 98.7 Å². The van der Waals surface area contributed by atoms with Crippen LogP contribution in [0, 0.1) is 0 Å². The van der Waals surface area contributed by atoms with Crippen LogP contribution in [0.15, 0.2) is 18.2 Å². The maximum absolute atomic E-state index is 3.24. The third kappa shape index (κ3) is 2.22. The minimum absolute atomic E-state index is 1.07. The Hall–Kier alpha value is -1.02. The maximum Gasteiger partial charge on any atom is 0.0432 e. The Morgan fingerprint density at radius 3 is 3.00 bits per heavy atom. The fourth-order valence-electron chi connectivity index (χ4n) is 2.57. The van der Waals surface area contributed by atoms with Crippen LogP contribution in [0.25, 0.3) is 0 Å². The Morgan fingerprint density at radius 2 is 2.25 bits per heavy atom. The number of para-hydroxylation sites is 1. The summed E-state index contributed by atoms with van der Waals surface area (Å²) in [5.74, 6) is 0. The van der Waals surface area contributed by atoms with Gasteiger partial charge in [0.2, 0.25) is 0 Å². The summed E-state index contributed by atoms with van der Waals surface area (Å²) in [5, 5.41) is 3.24. The lowest BCUT2D eigenvalue weighted by Crippen LogP contribution is -2.22. The molecule has 2 rings (SSSR count). The molecule has 2 nitrogen and oxygen atoms in total. The average molecular weight is 218 g/mol. The molecule has 0 saturated heterocycles. The van der Waals surface area contributed by atoms with Gasteiger partial charge >= 0.3 is 0 Å². The van der Waals surface area contributed by atoms with Crippen molar-refractivity contribution in [2.75, 3.05) is 31.6 Å². The Balaban J connectivity index is 2.22. The summed E-state index contributed by atoms with van der Waals surface area (Å²) in [6.45, 7) is 5.73. The van der Waals surface area contributed by atoms with Gasteiger partial charge in [0.1, 0.15) is 0 Å². The fraction of sp³-hybridized carbons (Fsp3) is 0.571. The molecule has 0 aliphatic carbocycles. The van der Waals surface area contributed by atoms with E-state index in [0.29, 0.717) is 0 Å². The van der Waals surface area contributed by atoms with Gasteiger partial charge in [0.05, 0.1) is 0 Å². The smallest absolute Gasteiger partial charge is 0.0432 e. The van der Waals surface area contributed by atoms with Gasteiger partial charge in [-0.15, -0.1) is 0 Å². The predicted octanol–water partition coefficient (Wildman–Crippen LogP) is 2.22. The van der Waals surface area contributed by atoms with E-state index in [1.807, 2.05) is 7.05 Å². The van der Waals surface area contributed by atoms with Crippen LogP contribution in [0.5, 0.6) is 0 Å². The highest BCUT2D eigenvalue weighted by molar-refractivity contribution is 5.63. The van der Waals surface area contributed by atoms with Gasteiger partial charge in [0, 0.05) is 18.8 Å². The minimum atomic E-state index is 1.07. The number of benzene rings is 1. The number of rotatable bonds is 5. The number of hydrogen-bond donors (Lipinski definition) is 1. The number of anilines is 1. The van der Waals surface area contributed by atoms with E-state index in [0.717, 1.165) is 13.0 Å². The van der Waals surface area contributed by atoms with Gasteiger partial charge in [-0.25, -0.2) is 0 Å². The lowest BCUT2D eigenvalue weighted by Gasteiger charge is -2.21. The fourth-order valence-corrected chi connectivity index (χ4v) is 2.57. The van der Waals surface area contributed by atoms with E-state index in [-0.39, 0.29) is 0 Å². The normalized spacial score (nSPS) is 14.2. The summed E-state index contributed by atoms with van der Waals surface area (Å²) in [6, 6.07) is 6.78. The van der Waals surface area contributed by atoms with Gasteiger partial charge in [-0.05, 0) is 44.0 Å². The standard InChI is InChI=1S/C14H22N2/c1-3-10-16-11-8-13-6-4-5-12(14(13)16)7-9-15-2/h4-6,15H,3,7-11H2,1-2H3. The van der Waals surface area contributed by atoms with Crippen LogP contribution in [-0.2, 0) is 12.8 Å². The summed E-state index contributed by atoms with van der Waals surface area (Å²) in [4.78, 5) is 2.56. The van der Waals surface area contributed by atoms with Crippen molar-refractivity contribution < 1.29 is 0 Å². The summed E-state index contributed by atoms with van der Waals surface area (Å²) in [5.41, 5.74) is 4.58. The molecule has 1 aliphatic heterocycles. The molecule has 16 heavy (non-hydrogen) atoms. The van der Waals surface area contributed by atoms with Crippen molar-refractivity contribution >= 4 is 5.69 Å². The molecule has 2 heteroatoms. The second-order valence-corrected chi connectivity index (χ2v) is 4.52. The molecule has 1 aliphatic rings. The van der Waals surface area contributed by atoms with Crippen LogP contribution < -0.4 is 10.2 Å². The van der Waals surface area contributed by atoms with E-state index in [1.165, 1.54) is 37.2 Å². The lowest BCUT2D eigenvalue weighted by molar-refractivity contribution is 0.772. The third-order valence-electron chi connectivity index (χ3n) is 3.31. The molecule has 1 aromatic rings. The van der Waals surface area contributed by atoms with Gasteiger partial charge in [-0.1, -0.05) is 25.1 Å². The number of nitrogens with one attached hydrogen (secondary N) is 1. The number of fused-ring (bicyclic) bond motifs is 1. The first kappa shape index (κ1) is 11.5. The zero-order chi connectivity index (χ0) is 11.4. The van der Waals surface area contributed by atoms with Gasteiger partial charge in [-0.3, -0.25) is 0 Å². The van der Waals surface area contributed by atoms with Crippen molar-refractivity contribution in [2.45, 2.75) is 26.2 Å². The van der Waals surface area contributed by atoms with Crippen LogP contribution in [0.4, 0.5) is 5.69 Å². The molecule has 0 unspecified atom stereocenters. The van der Waals surface area contributed by atoms with Crippen molar-refractivity contribution in [3.63, 3.8) is 0 Å². The zero-order valence-corrected chi connectivity index (χ0v) is 10.4. The highest BCUT2D eigenvalue weighted by Crippen LogP contribution is 2.32. The SMILES string of the molecule is CCCN1CCc2cccc(CCNC)c21. The van der Waals surface area contributed by atoms with E-state index >= 15 is 0 Å². The van der Waals surface area contributed by atoms with Gasteiger partial charge in [-0.2, -0.15) is 0 Å². The van der Waals surface area contributed by atoms with Crippen LogP contribution in [0.3, 0.4) is 0 Å². The first-order valence-corrected chi connectivity index (χ1v) is 6.37. The van der Waals surface area contributed by atoms with Crippen molar-refractivity contribution in [2.24, 2.45) is 0 Å². The summed E-state index contributed by atoms with van der Waals surface area (Å²) in [6.07, 6.45) is 3.60. The van der Waals surface area contributed by atoms with Gasteiger partial charge in [0.15, 0.2) is 0 Å². The Bertz CT molecular complexity index is 345. The minimum Gasteiger partial charge on any atom is -0.371 e. The van der Waals surface area contributed by atoms with E-state index in [9.17, 15) is 0 Å². The topological polar surface area (TPSA) is 15.3 Å². The van der Waals surface area contributed by atoms with Crippen molar-refractivity contribution in [1.82, 2.24) is 5.32 Å². The van der Waals surface area contributed by atoms with E-state index in [2.05, 4.69) is 35.3 Å². The number of nitrogens with zero attached hydrogens (tertiary/aromatic N) is 1. The van der Waals surface area contributed by atoms with E-state index in [4.69, 9.17) is 0 Å². The molecule has 0 fully saturated rings. The van der Waals surface area contributed by atoms with E-state index < -0.39 is 0 Å². The maximum atomic E-state index is 3.24. The van der Waals surface area contributed by atoms with E-state index in [1.54, 1.807) is 5.56 Å². The van der Waals surface area contributed by atoms with Gasteiger partial charge < -0.3 is 10.2 Å². The average Bonchev–Trinajstić information content (AvgIpc) is 2.71. The molecule has 0 atom stereocenters. The monoisotopic (exact) mass is 218 g/mol. The largest absolute Gasteiger partial charge is 0.371 e. The summed E-state index contributed by atoms with van der Waals surface area (Å²) in [7, 11) is 2.02. The lowest BCUT2D eigenvalue weighted by atomic mass is 10.0. The molecule has 1 N–H and O–H groups in total. The summed E-state index contributed by atoms with van der Waals surface area (Å²) < 4.78 is 0. The molecule has 0 spiro atoms. The second kappa shape index (κ2) is 5.35. The molecular weight excluding hydrogens is 196 g/mol. The number of likely N-dealkylation sites (N-methyl/N-ethyl adjacent to an activating group) is 1. The van der Waals surface area contributed by atoms with Crippen LogP contribution >= 0.6 is 0 Å². The Kier molecular flexibility index (Phi) is 3.83. The van der Waals surface area contributed by atoms with Gasteiger partial charge in [0.25, 0.3) is 0 Å². The molecule has 0 radical (unpaired) electrons. The first-order chi connectivity index (χ1) is 7.86. The van der Waals surface area contributed by atoms with Crippen LogP contribution in [-0.4, -0.2) is 26.7 Å². The molecule has 0 aromatic heterocycles.